The molecule has 2 aromatic rings. The minimum Gasteiger partial charge on any atom is -0.339 e. The first-order chi connectivity index (χ1) is 12.6. The molecule has 3 rings (SSSR count). The van der Waals surface area contributed by atoms with Crippen molar-refractivity contribution in [2.75, 3.05) is 33.7 Å². The molecule has 0 aromatic carbocycles. The number of nitrogens with zero attached hydrogens (tertiary/aromatic N) is 3. The Bertz CT molecular complexity index is 708. The van der Waals surface area contributed by atoms with Gasteiger partial charge in [0.1, 0.15) is 0 Å². The molecule has 1 aliphatic rings. The standard InChI is InChI=1S/C20H28N4OS/c1-15-8-13-26-19(15)18(23(2)3)14-22-17-6-11-24(12-7-17)20(25)16-4-9-21-10-5-16/h4-5,8-10,13,17-18,22H,6-7,11-12,14H2,1-3H3. The third-order valence-electron chi connectivity index (χ3n) is 5.14. The Hall–Kier alpha value is -1.76. The Morgan fingerprint density at radius 3 is 2.58 bits per heavy atom. The molecule has 1 fully saturated rings. The van der Waals surface area contributed by atoms with Crippen LogP contribution in [0.25, 0.3) is 0 Å². The fourth-order valence-corrected chi connectivity index (χ4v) is 4.60. The van der Waals surface area contributed by atoms with Gasteiger partial charge in [-0.2, -0.15) is 0 Å². The second-order valence-corrected chi connectivity index (χ2v) is 8.11. The van der Waals surface area contributed by atoms with Crippen LogP contribution in [0.2, 0.25) is 0 Å². The van der Waals surface area contributed by atoms with E-state index in [-0.39, 0.29) is 5.91 Å². The molecular formula is C20H28N4OS. The number of rotatable bonds is 6. The van der Waals surface area contributed by atoms with E-state index >= 15 is 0 Å². The monoisotopic (exact) mass is 372 g/mol. The molecule has 0 spiro atoms. The number of aryl methyl sites for hydroxylation is 1. The fraction of sp³-hybridized carbons (Fsp3) is 0.500. The molecule has 140 valence electrons. The number of hydrogen-bond acceptors (Lipinski definition) is 5. The highest BCUT2D eigenvalue weighted by Crippen LogP contribution is 2.27. The second-order valence-electron chi connectivity index (χ2n) is 7.16. The first kappa shape index (κ1) is 19.0. The van der Waals surface area contributed by atoms with Gasteiger partial charge in [-0.05, 0) is 63.0 Å². The van der Waals surface area contributed by atoms with E-state index in [9.17, 15) is 4.79 Å². The lowest BCUT2D eigenvalue weighted by Gasteiger charge is -2.34. The first-order valence-corrected chi connectivity index (χ1v) is 10.1. The van der Waals surface area contributed by atoms with Crippen LogP contribution >= 0.6 is 11.3 Å². The van der Waals surface area contributed by atoms with Gasteiger partial charge in [-0.25, -0.2) is 0 Å². The molecule has 1 atom stereocenters. The van der Waals surface area contributed by atoms with Crippen LogP contribution in [0.1, 0.15) is 39.7 Å². The number of nitrogens with one attached hydrogen (secondary N) is 1. The van der Waals surface area contributed by atoms with Crippen molar-refractivity contribution in [3.8, 4) is 0 Å². The number of hydrogen-bond donors (Lipinski definition) is 1. The SMILES string of the molecule is Cc1ccsc1C(CNC1CCN(C(=O)c2ccncc2)CC1)N(C)C. The van der Waals surface area contributed by atoms with E-state index < -0.39 is 0 Å². The quantitative estimate of drug-likeness (QED) is 0.847. The molecule has 1 aliphatic heterocycles. The van der Waals surface area contributed by atoms with Crippen LogP contribution in [0, 0.1) is 6.92 Å². The Morgan fingerprint density at radius 1 is 1.31 bits per heavy atom. The van der Waals surface area contributed by atoms with Crippen molar-refractivity contribution in [1.29, 1.82) is 0 Å². The molecule has 0 saturated carbocycles. The summed E-state index contributed by atoms with van der Waals surface area (Å²) < 4.78 is 0. The number of likely N-dealkylation sites (tertiary alicyclic amines) is 1. The van der Waals surface area contributed by atoms with E-state index in [4.69, 9.17) is 0 Å². The summed E-state index contributed by atoms with van der Waals surface area (Å²) in [6.07, 6.45) is 5.35. The van der Waals surface area contributed by atoms with Gasteiger partial charge in [0.05, 0.1) is 6.04 Å². The highest BCUT2D eigenvalue weighted by atomic mass is 32.1. The van der Waals surface area contributed by atoms with Crippen LogP contribution in [0.15, 0.2) is 36.0 Å². The maximum Gasteiger partial charge on any atom is 0.253 e. The molecule has 1 unspecified atom stereocenters. The van der Waals surface area contributed by atoms with Gasteiger partial charge in [0.2, 0.25) is 0 Å². The molecular weight excluding hydrogens is 344 g/mol. The van der Waals surface area contributed by atoms with Crippen LogP contribution in [-0.2, 0) is 0 Å². The number of carbonyl (C=O) groups is 1. The van der Waals surface area contributed by atoms with Crippen molar-refractivity contribution in [3.05, 3.63) is 52.0 Å². The lowest BCUT2D eigenvalue weighted by Crippen LogP contribution is -2.46. The van der Waals surface area contributed by atoms with Gasteiger partial charge in [-0.15, -0.1) is 11.3 Å². The molecule has 1 saturated heterocycles. The zero-order valence-corrected chi connectivity index (χ0v) is 16.6. The van der Waals surface area contributed by atoms with Crippen LogP contribution in [-0.4, -0.2) is 60.5 Å². The van der Waals surface area contributed by atoms with Gasteiger partial charge in [-0.1, -0.05) is 0 Å². The third-order valence-corrected chi connectivity index (χ3v) is 6.26. The summed E-state index contributed by atoms with van der Waals surface area (Å²) in [5.74, 6) is 0.117. The van der Waals surface area contributed by atoms with Gasteiger partial charge in [0.25, 0.3) is 5.91 Å². The van der Waals surface area contributed by atoms with Crippen molar-refractivity contribution in [3.63, 3.8) is 0 Å². The van der Waals surface area contributed by atoms with Crippen molar-refractivity contribution < 1.29 is 4.79 Å². The van der Waals surface area contributed by atoms with E-state index in [0.717, 1.165) is 38.0 Å². The Kier molecular flexibility index (Phi) is 6.40. The minimum atomic E-state index is 0.117. The van der Waals surface area contributed by atoms with Crippen molar-refractivity contribution in [2.24, 2.45) is 0 Å². The van der Waals surface area contributed by atoms with E-state index in [1.807, 2.05) is 16.2 Å². The van der Waals surface area contributed by atoms with Gasteiger partial charge in [0.15, 0.2) is 0 Å². The average molecular weight is 373 g/mol. The molecule has 0 radical (unpaired) electrons. The highest BCUT2D eigenvalue weighted by molar-refractivity contribution is 7.10. The minimum absolute atomic E-state index is 0.117. The number of piperidine rings is 1. The summed E-state index contributed by atoms with van der Waals surface area (Å²) in [7, 11) is 4.28. The zero-order valence-electron chi connectivity index (χ0n) is 15.8. The smallest absolute Gasteiger partial charge is 0.253 e. The molecule has 1 amide bonds. The van der Waals surface area contributed by atoms with E-state index in [1.54, 1.807) is 24.5 Å². The predicted octanol–water partition coefficient (Wildman–Crippen LogP) is 2.95. The Balaban J connectivity index is 1.51. The molecule has 26 heavy (non-hydrogen) atoms. The zero-order chi connectivity index (χ0) is 18.5. The van der Waals surface area contributed by atoms with Gasteiger partial charge >= 0.3 is 0 Å². The number of likely N-dealkylation sites (N-methyl/N-ethyl adjacent to an activating group) is 1. The molecule has 3 heterocycles. The number of aromatic nitrogens is 1. The molecule has 0 aliphatic carbocycles. The average Bonchev–Trinajstić information content (AvgIpc) is 3.08. The third kappa shape index (κ3) is 4.50. The molecule has 5 nitrogen and oxygen atoms in total. The highest BCUT2D eigenvalue weighted by Gasteiger charge is 2.25. The first-order valence-electron chi connectivity index (χ1n) is 9.19. The molecule has 1 N–H and O–H groups in total. The van der Waals surface area contributed by atoms with Crippen molar-refractivity contribution >= 4 is 17.2 Å². The number of amides is 1. The van der Waals surface area contributed by atoms with Gasteiger partial charge < -0.3 is 15.1 Å². The maximum absolute atomic E-state index is 12.5. The normalized spacial score (nSPS) is 16.8. The summed E-state index contributed by atoms with van der Waals surface area (Å²) in [6, 6.07) is 6.64. The summed E-state index contributed by atoms with van der Waals surface area (Å²) in [4.78, 5) is 22.2. The lowest BCUT2D eigenvalue weighted by molar-refractivity contribution is 0.0703. The Labute approximate surface area is 160 Å². The molecule has 2 aromatic heterocycles. The van der Waals surface area contributed by atoms with E-state index in [1.165, 1.54) is 10.4 Å². The summed E-state index contributed by atoms with van der Waals surface area (Å²) in [5.41, 5.74) is 2.10. The number of thiophene rings is 1. The maximum atomic E-state index is 12.5. The van der Waals surface area contributed by atoms with Crippen LogP contribution < -0.4 is 5.32 Å². The molecule has 6 heteroatoms. The second kappa shape index (κ2) is 8.75. The van der Waals surface area contributed by atoms with Crippen molar-refractivity contribution in [2.45, 2.75) is 31.8 Å². The van der Waals surface area contributed by atoms with Crippen LogP contribution in [0.4, 0.5) is 0 Å². The number of carbonyl (C=O) groups excluding carboxylic acids is 1. The fourth-order valence-electron chi connectivity index (χ4n) is 3.48. The lowest BCUT2D eigenvalue weighted by atomic mass is 10.0. The number of pyridine rings is 1. The van der Waals surface area contributed by atoms with Gasteiger partial charge in [0, 0.05) is 48.5 Å². The van der Waals surface area contributed by atoms with Crippen molar-refractivity contribution in [1.82, 2.24) is 20.1 Å². The van der Waals surface area contributed by atoms with Gasteiger partial charge in [-0.3, -0.25) is 9.78 Å². The largest absolute Gasteiger partial charge is 0.339 e. The van der Waals surface area contributed by atoms with Crippen LogP contribution in [0.3, 0.4) is 0 Å². The summed E-state index contributed by atoms with van der Waals surface area (Å²) in [6.45, 7) is 4.75. The van der Waals surface area contributed by atoms with Crippen LogP contribution in [0.5, 0.6) is 0 Å². The predicted molar refractivity (Wildman–Crippen MR) is 107 cm³/mol. The molecule has 0 bridgehead atoms. The Morgan fingerprint density at radius 2 is 2.00 bits per heavy atom. The summed E-state index contributed by atoms with van der Waals surface area (Å²) in [5, 5.41) is 5.91. The van der Waals surface area contributed by atoms with E-state index in [0.29, 0.717) is 12.1 Å². The topological polar surface area (TPSA) is 48.5 Å². The summed E-state index contributed by atoms with van der Waals surface area (Å²) >= 11 is 1.83. The van der Waals surface area contributed by atoms with E-state index in [2.05, 4.69) is 47.7 Å².